The summed E-state index contributed by atoms with van der Waals surface area (Å²) in [5, 5.41) is 0.458. The third-order valence-electron chi connectivity index (χ3n) is 2.95. The first-order chi connectivity index (χ1) is 10.0. The minimum Gasteiger partial charge on any atom is -0.341 e. The van der Waals surface area contributed by atoms with Crippen molar-refractivity contribution in [2.75, 3.05) is 12.8 Å². The van der Waals surface area contributed by atoms with Gasteiger partial charge in [0.1, 0.15) is 0 Å². The molecule has 0 radical (unpaired) electrons. The highest BCUT2D eigenvalue weighted by molar-refractivity contribution is 7.99. The van der Waals surface area contributed by atoms with Gasteiger partial charge in [-0.25, -0.2) is 4.98 Å². The van der Waals surface area contributed by atoms with Gasteiger partial charge in [-0.1, -0.05) is 41.6 Å². The Morgan fingerprint density at radius 1 is 1.29 bits per heavy atom. The molecule has 0 fully saturated rings. The van der Waals surface area contributed by atoms with E-state index in [9.17, 15) is 9.59 Å². The largest absolute Gasteiger partial charge is 0.341 e. The molecule has 2 rings (SSSR count). The summed E-state index contributed by atoms with van der Waals surface area (Å²) in [7, 11) is 1.77. The maximum atomic E-state index is 12.1. The van der Waals surface area contributed by atoms with Crippen LogP contribution in [0.2, 0.25) is 0 Å². The Hall–Kier alpha value is -2.08. The summed E-state index contributed by atoms with van der Waals surface area (Å²) in [5.74, 6) is 0.238. The van der Waals surface area contributed by atoms with Gasteiger partial charge in [-0.2, -0.15) is 0 Å². The normalized spacial score (nSPS) is 10.4. The second-order valence-corrected chi connectivity index (χ2v) is 5.73. The number of hydrogen-bond acceptors (Lipinski definition) is 4. The Bertz CT molecular complexity index is 667. The molecular formula is C15H17N3O2S. The first-order valence-electron chi connectivity index (χ1n) is 6.52. The van der Waals surface area contributed by atoms with Crippen molar-refractivity contribution in [2.45, 2.75) is 18.6 Å². The molecule has 1 amide bonds. The predicted octanol–water partition coefficient (Wildman–Crippen LogP) is 1.83. The Balaban J connectivity index is 1.87. The van der Waals surface area contributed by atoms with Crippen LogP contribution in [0.15, 0.2) is 46.5 Å². The molecule has 0 atom stereocenters. The van der Waals surface area contributed by atoms with E-state index < -0.39 is 0 Å². The molecule has 0 aliphatic heterocycles. The van der Waals surface area contributed by atoms with Gasteiger partial charge in [0.25, 0.3) is 5.56 Å². The molecule has 2 aromatic rings. The van der Waals surface area contributed by atoms with E-state index in [1.165, 1.54) is 29.6 Å². The average molecular weight is 303 g/mol. The number of nitrogens with one attached hydrogen (secondary N) is 1. The molecule has 0 spiro atoms. The van der Waals surface area contributed by atoms with Crippen molar-refractivity contribution in [2.24, 2.45) is 0 Å². The van der Waals surface area contributed by atoms with E-state index in [4.69, 9.17) is 0 Å². The van der Waals surface area contributed by atoms with Crippen LogP contribution in [-0.2, 0) is 11.3 Å². The number of carbonyl (C=O) groups excluding carboxylic acids is 1. The van der Waals surface area contributed by atoms with Gasteiger partial charge in [-0.3, -0.25) is 9.59 Å². The number of benzene rings is 1. The summed E-state index contributed by atoms with van der Waals surface area (Å²) >= 11 is 1.23. The van der Waals surface area contributed by atoms with Gasteiger partial charge in [0.05, 0.1) is 5.75 Å². The van der Waals surface area contributed by atoms with Crippen molar-refractivity contribution in [1.29, 1.82) is 0 Å². The lowest BCUT2D eigenvalue weighted by atomic mass is 10.1. The Labute approximate surface area is 127 Å². The molecule has 0 aliphatic rings. The standard InChI is InChI=1S/C15H17N3O2S/c1-11-3-5-12(6-4-11)9-18(2)14(20)10-21-15-16-8-7-13(19)17-15/h3-8H,9-10H2,1-2H3,(H,16,17,19). The topological polar surface area (TPSA) is 66.1 Å². The van der Waals surface area contributed by atoms with E-state index in [1.807, 2.05) is 31.2 Å². The molecule has 1 heterocycles. The third-order valence-corrected chi connectivity index (χ3v) is 3.82. The van der Waals surface area contributed by atoms with Crippen molar-refractivity contribution < 1.29 is 4.79 Å². The maximum absolute atomic E-state index is 12.1. The number of carbonyl (C=O) groups is 1. The maximum Gasteiger partial charge on any atom is 0.251 e. The second kappa shape index (κ2) is 7.08. The number of aromatic amines is 1. The molecule has 1 aromatic carbocycles. The lowest BCUT2D eigenvalue weighted by Crippen LogP contribution is -2.27. The Morgan fingerprint density at radius 3 is 2.67 bits per heavy atom. The van der Waals surface area contributed by atoms with E-state index >= 15 is 0 Å². The lowest BCUT2D eigenvalue weighted by Gasteiger charge is -2.17. The summed E-state index contributed by atoms with van der Waals surface area (Å²) in [4.78, 5) is 31.4. The number of amides is 1. The van der Waals surface area contributed by atoms with Crippen LogP contribution in [0.1, 0.15) is 11.1 Å². The van der Waals surface area contributed by atoms with E-state index in [-0.39, 0.29) is 17.2 Å². The molecule has 1 aromatic heterocycles. The minimum absolute atomic E-state index is 0.00734. The molecule has 0 bridgehead atoms. The van der Waals surface area contributed by atoms with Crippen LogP contribution in [-0.4, -0.2) is 33.6 Å². The Kier molecular flexibility index (Phi) is 5.16. The van der Waals surface area contributed by atoms with Crippen molar-refractivity contribution in [3.05, 3.63) is 58.0 Å². The van der Waals surface area contributed by atoms with Crippen LogP contribution < -0.4 is 5.56 Å². The van der Waals surface area contributed by atoms with Crippen LogP contribution in [0.5, 0.6) is 0 Å². The molecular weight excluding hydrogens is 286 g/mol. The quantitative estimate of drug-likeness (QED) is 0.676. The fraction of sp³-hybridized carbons (Fsp3) is 0.267. The number of aromatic nitrogens is 2. The first-order valence-corrected chi connectivity index (χ1v) is 7.51. The van der Waals surface area contributed by atoms with Gasteiger partial charge in [-0.05, 0) is 12.5 Å². The SMILES string of the molecule is Cc1ccc(CN(C)C(=O)CSc2nccc(=O)[nH]2)cc1. The summed E-state index contributed by atoms with van der Waals surface area (Å²) in [6.45, 7) is 2.60. The fourth-order valence-electron chi connectivity index (χ4n) is 1.72. The monoisotopic (exact) mass is 303 g/mol. The smallest absolute Gasteiger partial charge is 0.251 e. The van der Waals surface area contributed by atoms with Gasteiger partial charge in [0.15, 0.2) is 5.16 Å². The zero-order chi connectivity index (χ0) is 15.2. The van der Waals surface area contributed by atoms with Gasteiger partial charge in [0.2, 0.25) is 5.91 Å². The van der Waals surface area contributed by atoms with Crippen LogP contribution >= 0.6 is 11.8 Å². The molecule has 6 heteroatoms. The van der Waals surface area contributed by atoms with Crippen molar-refractivity contribution in [1.82, 2.24) is 14.9 Å². The zero-order valence-electron chi connectivity index (χ0n) is 12.0. The number of hydrogen-bond donors (Lipinski definition) is 1. The molecule has 21 heavy (non-hydrogen) atoms. The van der Waals surface area contributed by atoms with E-state index in [0.29, 0.717) is 11.7 Å². The van der Waals surface area contributed by atoms with E-state index in [2.05, 4.69) is 9.97 Å². The van der Waals surface area contributed by atoms with E-state index in [1.54, 1.807) is 11.9 Å². The van der Waals surface area contributed by atoms with Crippen LogP contribution in [0, 0.1) is 6.92 Å². The highest BCUT2D eigenvalue weighted by Gasteiger charge is 2.10. The molecule has 0 saturated heterocycles. The van der Waals surface area contributed by atoms with Gasteiger partial charge < -0.3 is 9.88 Å². The Morgan fingerprint density at radius 2 is 2.00 bits per heavy atom. The summed E-state index contributed by atoms with van der Waals surface area (Å²) in [6, 6.07) is 9.43. The van der Waals surface area contributed by atoms with Crippen LogP contribution in [0.4, 0.5) is 0 Å². The van der Waals surface area contributed by atoms with Gasteiger partial charge in [0, 0.05) is 25.9 Å². The van der Waals surface area contributed by atoms with Crippen molar-refractivity contribution >= 4 is 17.7 Å². The molecule has 0 unspecified atom stereocenters. The minimum atomic E-state index is -0.215. The number of nitrogens with zero attached hydrogens (tertiary/aromatic N) is 2. The third kappa shape index (κ3) is 4.75. The number of thioether (sulfide) groups is 1. The number of aryl methyl sites for hydroxylation is 1. The molecule has 110 valence electrons. The second-order valence-electron chi connectivity index (χ2n) is 4.76. The highest BCUT2D eigenvalue weighted by atomic mass is 32.2. The molecule has 0 saturated carbocycles. The number of H-pyrrole nitrogens is 1. The zero-order valence-corrected chi connectivity index (χ0v) is 12.8. The van der Waals surface area contributed by atoms with E-state index in [0.717, 1.165) is 5.56 Å². The predicted molar refractivity (Wildman–Crippen MR) is 83.2 cm³/mol. The first kappa shape index (κ1) is 15.3. The van der Waals surface area contributed by atoms with Crippen LogP contribution in [0.25, 0.3) is 0 Å². The van der Waals surface area contributed by atoms with Crippen molar-refractivity contribution in [3.63, 3.8) is 0 Å². The molecule has 5 nitrogen and oxygen atoms in total. The highest BCUT2D eigenvalue weighted by Crippen LogP contribution is 2.12. The molecule has 1 N–H and O–H groups in total. The summed E-state index contributed by atoms with van der Waals surface area (Å²) < 4.78 is 0. The summed E-state index contributed by atoms with van der Waals surface area (Å²) in [6.07, 6.45) is 1.43. The lowest BCUT2D eigenvalue weighted by molar-refractivity contribution is -0.127. The van der Waals surface area contributed by atoms with Gasteiger partial charge in [-0.15, -0.1) is 0 Å². The average Bonchev–Trinajstić information content (AvgIpc) is 2.47. The number of rotatable bonds is 5. The fourth-order valence-corrected chi connectivity index (χ4v) is 2.51. The summed E-state index contributed by atoms with van der Waals surface area (Å²) in [5.41, 5.74) is 2.07. The van der Waals surface area contributed by atoms with Crippen molar-refractivity contribution in [3.8, 4) is 0 Å². The molecule has 0 aliphatic carbocycles. The van der Waals surface area contributed by atoms with Gasteiger partial charge >= 0.3 is 0 Å². The van der Waals surface area contributed by atoms with Crippen LogP contribution in [0.3, 0.4) is 0 Å².